The molecule has 8 heteroatoms. The van der Waals surface area contributed by atoms with Gasteiger partial charge in [0.1, 0.15) is 11.0 Å². The van der Waals surface area contributed by atoms with Crippen LogP contribution in [-0.4, -0.2) is 27.2 Å². The largest absolute Gasteiger partial charge is 0.347 e. The van der Waals surface area contributed by atoms with Crippen molar-refractivity contribution in [2.45, 2.75) is 6.54 Å². The molecule has 0 fully saturated rings. The molecule has 2 aromatic carbocycles. The van der Waals surface area contributed by atoms with Crippen LogP contribution in [0.4, 0.5) is 5.69 Å². The molecule has 0 unspecified atom stereocenters. The van der Waals surface area contributed by atoms with Crippen molar-refractivity contribution in [1.82, 2.24) is 20.7 Å². The lowest BCUT2D eigenvalue weighted by Gasteiger charge is -2.07. The van der Waals surface area contributed by atoms with Gasteiger partial charge in [-0.1, -0.05) is 18.2 Å². The van der Waals surface area contributed by atoms with Crippen molar-refractivity contribution in [2.24, 2.45) is 0 Å². The smallest absolute Gasteiger partial charge is 0.261 e. The summed E-state index contributed by atoms with van der Waals surface area (Å²) in [6.07, 6.45) is 0. The van der Waals surface area contributed by atoms with E-state index in [0.717, 1.165) is 11.1 Å². The van der Waals surface area contributed by atoms with E-state index in [1.165, 1.54) is 11.3 Å². The third kappa shape index (κ3) is 3.85. The first kappa shape index (κ1) is 16.9. The normalized spacial score (nSPS) is 10.7. The number of anilines is 1. The molecule has 2 amide bonds. The van der Waals surface area contributed by atoms with Crippen molar-refractivity contribution in [3.8, 4) is 0 Å². The number of carbonyl (C=O) groups excluding carboxylic acids is 2. The highest BCUT2D eigenvalue weighted by Crippen LogP contribution is 2.16. The van der Waals surface area contributed by atoms with Crippen LogP contribution in [0.25, 0.3) is 11.0 Å². The Morgan fingerprint density at radius 3 is 2.56 bits per heavy atom. The molecule has 0 spiro atoms. The molecule has 2 heterocycles. The van der Waals surface area contributed by atoms with Crippen LogP contribution in [0.2, 0.25) is 0 Å². The van der Waals surface area contributed by atoms with Crippen molar-refractivity contribution >= 4 is 39.9 Å². The number of nitrogens with zero attached hydrogens (tertiary/aromatic N) is 2. The lowest BCUT2D eigenvalue weighted by atomic mass is 10.1. The van der Waals surface area contributed by atoms with Crippen molar-refractivity contribution in [3.05, 3.63) is 76.0 Å². The Morgan fingerprint density at radius 2 is 1.78 bits per heavy atom. The number of H-pyrrole nitrogens is 1. The number of aromatic nitrogens is 3. The molecule has 3 N–H and O–H groups in total. The van der Waals surface area contributed by atoms with Gasteiger partial charge in [-0.2, -0.15) is 15.4 Å². The van der Waals surface area contributed by atoms with Gasteiger partial charge in [-0.05, 0) is 47.3 Å². The minimum Gasteiger partial charge on any atom is -0.347 e. The number of benzene rings is 2. The summed E-state index contributed by atoms with van der Waals surface area (Å²) in [4.78, 5) is 25.0. The lowest BCUT2D eigenvalue weighted by Crippen LogP contribution is -2.21. The van der Waals surface area contributed by atoms with Crippen LogP contribution < -0.4 is 10.6 Å². The molecule has 0 atom stereocenters. The zero-order valence-corrected chi connectivity index (χ0v) is 14.9. The molecular weight excluding hydrogens is 362 g/mol. The fourth-order valence-electron chi connectivity index (χ4n) is 2.57. The fraction of sp³-hybridized carbons (Fsp3) is 0.0526. The van der Waals surface area contributed by atoms with E-state index < -0.39 is 0 Å². The summed E-state index contributed by atoms with van der Waals surface area (Å²) in [7, 11) is 0. The summed E-state index contributed by atoms with van der Waals surface area (Å²) < 4.78 is 0. The van der Waals surface area contributed by atoms with Crippen LogP contribution in [0.1, 0.15) is 25.6 Å². The number of amides is 2. The molecule has 4 rings (SSSR count). The predicted molar refractivity (Wildman–Crippen MR) is 104 cm³/mol. The van der Waals surface area contributed by atoms with Gasteiger partial charge < -0.3 is 10.6 Å². The molecule has 0 aliphatic rings. The number of aromatic amines is 1. The van der Waals surface area contributed by atoms with Crippen LogP contribution >= 0.6 is 11.3 Å². The number of carbonyl (C=O) groups is 2. The van der Waals surface area contributed by atoms with Gasteiger partial charge in [0.25, 0.3) is 11.8 Å². The second-order valence-electron chi connectivity index (χ2n) is 5.84. The van der Waals surface area contributed by atoms with Crippen molar-refractivity contribution in [1.29, 1.82) is 0 Å². The van der Waals surface area contributed by atoms with Crippen molar-refractivity contribution in [3.63, 3.8) is 0 Å². The first-order valence-corrected chi connectivity index (χ1v) is 9.09. The minimum atomic E-state index is -0.216. The van der Waals surface area contributed by atoms with Crippen molar-refractivity contribution in [2.75, 3.05) is 5.32 Å². The molecule has 2 aromatic heterocycles. The van der Waals surface area contributed by atoms with E-state index in [0.29, 0.717) is 28.2 Å². The van der Waals surface area contributed by atoms with Gasteiger partial charge in [-0.15, -0.1) is 11.3 Å². The molecule has 0 aliphatic carbocycles. The first-order chi connectivity index (χ1) is 13.2. The van der Waals surface area contributed by atoms with Gasteiger partial charge in [0.05, 0.1) is 4.88 Å². The average molecular weight is 377 g/mol. The molecular formula is C19H15N5O2S. The number of nitrogens with one attached hydrogen (secondary N) is 3. The topological polar surface area (TPSA) is 99.8 Å². The lowest BCUT2D eigenvalue weighted by molar-refractivity contribution is 0.0953. The Balaban J connectivity index is 1.37. The van der Waals surface area contributed by atoms with E-state index in [4.69, 9.17) is 0 Å². The van der Waals surface area contributed by atoms with E-state index in [1.54, 1.807) is 36.4 Å². The van der Waals surface area contributed by atoms with E-state index in [1.807, 2.05) is 23.6 Å². The molecule has 0 saturated heterocycles. The van der Waals surface area contributed by atoms with E-state index in [-0.39, 0.29) is 11.8 Å². The van der Waals surface area contributed by atoms with Crippen LogP contribution in [0.5, 0.6) is 0 Å². The monoisotopic (exact) mass is 377 g/mol. The molecule has 134 valence electrons. The van der Waals surface area contributed by atoms with Gasteiger partial charge in [-0.25, -0.2) is 0 Å². The molecule has 27 heavy (non-hydrogen) atoms. The van der Waals surface area contributed by atoms with Crippen LogP contribution in [0.3, 0.4) is 0 Å². The van der Waals surface area contributed by atoms with Crippen LogP contribution in [-0.2, 0) is 6.54 Å². The fourth-order valence-corrected chi connectivity index (χ4v) is 3.21. The maximum atomic E-state index is 12.4. The quantitative estimate of drug-likeness (QED) is 0.497. The SMILES string of the molecule is O=C(Nc1ccc2n[nH]nc2c1)c1ccc(CNC(=O)c2cccs2)cc1. The zero-order chi connectivity index (χ0) is 18.6. The van der Waals surface area contributed by atoms with E-state index in [2.05, 4.69) is 26.0 Å². The number of rotatable bonds is 5. The number of fused-ring (bicyclic) bond motifs is 1. The Kier molecular flexibility index (Phi) is 4.63. The Morgan fingerprint density at radius 1 is 0.963 bits per heavy atom. The van der Waals surface area contributed by atoms with Crippen LogP contribution in [0.15, 0.2) is 60.0 Å². The van der Waals surface area contributed by atoms with Crippen molar-refractivity contribution < 1.29 is 9.59 Å². The Labute approximate surface area is 158 Å². The van der Waals surface area contributed by atoms with Gasteiger partial charge in [0, 0.05) is 17.8 Å². The van der Waals surface area contributed by atoms with E-state index in [9.17, 15) is 9.59 Å². The summed E-state index contributed by atoms with van der Waals surface area (Å²) >= 11 is 1.40. The Bertz CT molecular complexity index is 1090. The van der Waals surface area contributed by atoms with Gasteiger partial charge >= 0.3 is 0 Å². The van der Waals surface area contributed by atoms with Crippen LogP contribution in [0, 0.1) is 0 Å². The second kappa shape index (κ2) is 7.38. The summed E-state index contributed by atoms with van der Waals surface area (Å²) in [5.74, 6) is -0.318. The predicted octanol–water partition coefficient (Wildman–Crippen LogP) is 3.20. The first-order valence-electron chi connectivity index (χ1n) is 8.21. The molecule has 0 aliphatic heterocycles. The molecule has 0 radical (unpaired) electrons. The molecule has 0 saturated carbocycles. The highest BCUT2D eigenvalue weighted by atomic mass is 32.1. The summed E-state index contributed by atoms with van der Waals surface area (Å²) in [5, 5.41) is 18.1. The minimum absolute atomic E-state index is 0.102. The van der Waals surface area contributed by atoms with Gasteiger partial charge in [0.2, 0.25) is 0 Å². The van der Waals surface area contributed by atoms with E-state index >= 15 is 0 Å². The molecule has 7 nitrogen and oxygen atoms in total. The number of hydrogen-bond acceptors (Lipinski definition) is 5. The average Bonchev–Trinajstić information content (AvgIpc) is 3.38. The standard InChI is InChI=1S/C19H15N5O2S/c25-18(21-14-7-8-15-16(10-14)23-24-22-15)13-5-3-12(4-6-13)11-20-19(26)17-2-1-9-27-17/h1-10H,11H2,(H,20,26)(H,21,25)(H,22,23,24). The van der Waals surface area contributed by atoms with Gasteiger partial charge in [0.15, 0.2) is 0 Å². The highest BCUT2D eigenvalue weighted by Gasteiger charge is 2.09. The summed E-state index contributed by atoms with van der Waals surface area (Å²) in [6.45, 7) is 0.404. The molecule has 4 aromatic rings. The second-order valence-corrected chi connectivity index (χ2v) is 6.79. The third-order valence-electron chi connectivity index (χ3n) is 3.99. The molecule has 0 bridgehead atoms. The summed E-state index contributed by atoms with van der Waals surface area (Å²) in [6, 6.07) is 16.1. The van der Waals surface area contributed by atoms with Gasteiger partial charge in [-0.3, -0.25) is 9.59 Å². The Hall–Kier alpha value is -3.52. The number of hydrogen-bond donors (Lipinski definition) is 3. The summed E-state index contributed by atoms with van der Waals surface area (Å²) in [5.41, 5.74) is 3.52. The maximum Gasteiger partial charge on any atom is 0.261 e. The zero-order valence-electron chi connectivity index (χ0n) is 14.1. The number of thiophene rings is 1. The third-order valence-corrected chi connectivity index (χ3v) is 4.86. The maximum absolute atomic E-state index is 12.4. The highest BCUT2D eigenvalue weighted by molar-refractivity contribution is 7.12.